The molecule has 0 aliphatic carbocycles. The highest BCUT2D eigenvalue weighted by atomic mass is 35.5. The number of esters is 1. The van der Waals surface area contributed by atoms with E-state index >= 15 is 0 Å². The molecule has 0 saturated carbocycles. The number of amides is 1. The summed E-state index contributed by atoms with van der Waals surface area (Å²) in [6.45, 7) is 8.72. The SMILES string of the molecule is COCCCN1C(=O)/C(=C\c2cc(C)n(-c3ccc(C)c(Cl)c3)c2C)C(C(=O)OC)=C1C. The van der Waals surface area contributed by atoms with Crippen molar-refractivity contribution in [2.24, 2.45) is 0 Å². The van der Waals surface area contributed by atoms with Crippen LogP contribution in [0.5, 0.6) is 0 Å². The van der Waals surface area contributed by atoms with Crippen molar-refractivity contribution in [2.75, 3.05) is 27.4 Å². The van der Waals surface area contributed by atoms with E-state index < -0.39 is 5.97 Å². The van der Waals surface area contributed by atoms with Gasteiger partial charge in [-0.05, 0) is 69.5 Å². The van der Waals surface area contributed by atoms with E-state index in [2.05, 4.69) is 4.57 Å². The van der Waals surface area contributed by atoms with Crippen LogP contribution in [0.1, 0.15) is 35.9 Å². The molecule has 6 nitrogen and oxygen atoms in total. The second-order valence-corrected chi connectivity index (χ2v) is 8.32. The number of allylic oxidation sites excluding steroid dienone is 1. The summed E-state index contributed by atoms with van der Waals surface area (Å²) >= 11 is 6.34. The van der Waals surface area contributed by atoms with Gasteiger partial charge in [-0.3, -0.25) is 4.79 Å². The van der Waals surface area contributed by atoms with Crippen LogP contribution in [0.4, 0.5) is 0 Å². The van der Waals surface area contributed by atoms with Gasteiger partial charge in [0.15, 0.2) is 0 Å². The van der Waals surface area contributed by atoms with Crippen LogP contribution in [-0.2, 0) is 19.1 Å². The number of hydrogen-bond acceptors (Lipinski definition) is 4. The highest BCUT2D eigenvalue weighted by Crippen LogP contribution is 2.33. The van der Waals surface area contributed by atoms with Crippen LogP contribution < -0.4 is 0 Å². The molecule has 0 bridgehead atoms. The fraction of sp³-hybridized carbons (Fsp3) is 0.360. The zero-order valence-corrected chi connectivity index (χ0v) is 20.2. The summed E-state index contributed by atoms with van der Waals surface area (Å²) in [6, 6.07) is 7.92. The molecule has 3 rings (SSSR count). The molecule has 0 radical (unpaired) electrons. The molecule has 1 amide bonds. The lowest BCUT2D eigenvalue weighted by Crippen LogP contribution is -2.26. The molecule has 1 aliphatic heterocycles. The maximum Gasteiger partial charge on any atom is 0.340 e. The maximum absolute atomic E-state index is 13.2. The number of rotatable bonds is 7. The quantitative estimate of drug-likeness (QED) is 0.342. The third-order valence-electron chi connectivity index (χ3n) is 5.82. The first kappa shape index (κ1) is 23.8. The first-order valence-electron chi connectivity index (χ1n) is 10.5. The van der Waals surface area contributed by atoms with E-state index in [0.29, 0.717) is 41.4 Å². The Balaban J connectivity index is 2.07. The molecule has 0 unspecified atom stereocenters. The number of carbonyl (C=O) groups is 2. The van der Waals surface area contributed by atoms with Gasteiger partial charge in [-0.1, -0.05) is 17.7 Å². The number of benzene rings is 1. The molecule has 170 valence electrons. The average Bonchev–Trinajstić information content (AvgIpc) is 3.17. The third kappa shape index (κ3) is 4.38. The van der Waals surface area contributed by atoms with Crippen molar-refractivity contribution >= 4 is 29.6 Å². The van der Waals surface area contributed by atoms with E-state index in [-0.39, 0.29) is 5.91 Å². The van der Waals surface area contributed by atoms with Crippen LogP contribution in [0, 0.1) is 20.8 Å². The van der Waals surface area contributed by atoms with Crippen molar-refractivity contribution in [1.82, 2.24) is 9.47 Å². The largest absolute Gasteiger partial charge is 0.465 e. The van der Waals surface area contributed by atoms with Crippen LogP contribution >= 0.6 is 11.6 Å². The fourth-order valence-electron chi connectivity index (χ4n) is 4.07. The highest BCUT2D eigenvalue weighted by Gasteiger charge is 2.36. The fourth-order valence-corrected chi connectivity index (χ4v) is 4.25. The number of nitrogens with zero attached hydrogens (tertiary/aromatic N) is 2. The summed E-state index contributed by atoms with van der Waals surface area (Å²) in [7, 11) is 2.95. The van der Waals surface area contributed by atoms with Crippen molar-refractivity contribution in [3.63, 3.8) is 0 Å². The minimum Gasteiger partial charge on any atom is -0.465 e. The predicted octanol–water partition coefficient (Wildman–Crippen LogP) is 4.77. The van der Waals surface area contributed by atoms with E-state index in [1.54, 1.807) is 25.0 Å². The van der Waals surface area contributed by atoms with Crippen molar-refractivity contribution in [3.05, 3.63) is 68.6 Å². The lowest BCUT2D eigenvalue weighted by Gasteiger charge is -2.17. The number of aromatic nitrogens is 1. The Kier molecular flexibility index (Phi) is 7.26. The van der Waals surface area contributed by atoms with Crippen LogP contribution in [-0.4, -0.2) is 48.7 Å². The molecule has 0 spiro atoms. The van der Waals surface area contributed by atoms with Gasteiger partial charge in [0.1, 0.15) is 0 Å². The molecule has 7 heteroatoms. The molecular weight excluding hydrogens is 428 g/mol. The van der Waals surface area contributed by atoms with Gasteiger partial charge >= 0.3 is 5.97 Å². The van der Waals surface area contributed by atoms with Gasteiger partial charge in [0.05, 0.1) is 18.3 Å². The Hall–Kier alpha value is -2.83. The lowest BCUT2D eigenvalue weighted by atomic mass is 10.0. The Morgan fingerprint density at radius 1 is 1.12 bits per heavy atom. The monoisotopic (exact) mass is 456 g/mol. The molecule has 1 aromatic carbocycles. The van der Waals surface area contributed by atoms with Crippen LogP contribution in [0.2, 0.25) is 5.02 Å². The lowest BCUT2D eigenvalue weighted by molar-refractivity contribution is -0.136. The number of hydrogen-bond donors (Lipinski definition) is 0. The van der Waals surface area contributed by atoms with Crippen molar-refractivity contribution in [1.29, 1.82) is 0 Å². The number of aryl methyl sites for hydroxylation is 2. The highest BCUT2D eigenvalue weighted by molar-refractivity contribution is 6.31. The zero-order valence-electron chi connectivity index (χ0n) is 19.4. The van der Waals surface area contributed by atoms with E-state index in [1.807, 2.05) is 45.0 Å². The van der Waals surface area contributed by atoms with Gasteiger partial charge in [-0.2, -0.15) is 0 Å². The number of methoxy groups -OCH3 is 2. The summed E-state index contributed by atoms with van der Waals surface area (Å²) in [6.07, 6.45) is 2.45. The summed E-state index contributed by atoms with van der Waals surface area (Å²) in [5.74, 6) is -0.724. The standard InChI is InChI=1S/C25H29ClN2O4/c1-15-8-9-20(14-22(15)26)28-16(2)12-19(17(28)3)13-21-23(25(30)32-6)18(4)27(24(21)29)10-7-11-31-5/h8-9,12-14H,7,10-11H2,1-6H3/b21-13-. The van der Waals surface area contributed by atoms with Crippen LogP contribution in [0.25, 0.3) is 11.8 Å². The van der Waals surface area contributed by atoms with E-state index in [1.165, 1.54) is 7.11 Å². The smallest absolute Gasteiger partial charge is 0.340 e. The molecule has 0 atom stereocenters. The molecule has 1 aromatic heterocycles. The van der Waals surface area contributed by atoms with Gasteiger partial charge in [0.2, 0.25) is 0 Å². The molecule has 1 aliphatic rings. The molecule has 2 aromatic rings. The summed E-state index contributed by atoms with van der Waals surface area (Å²) < 4.78 is 12.2. The normalized spacial score (nSPS) is 15.3. The van der Waals surface area contributed by atoms with Gasteiger partial charge < -0.3 is 18.9 Å². The number of ether oxygens (including phenoxy) is 2. The van der Waals surface area contributed by atoms with Crippen LogP contribution in [0.15, 0.2) is 41.1 Å². The summed E-state index contributed by atoms with van der Waals surface area (Å²) in [5, 5.41) is 0.694. The summed E-state index contributed by atoms with van der Waals surface area (Å²) in [5.41, 5.74) is 6.00. The van der Waals surface area contributed by atoms with Gasteiger partial charge in [-0.25, -0.2) is 4.79 Å². The van der Waals surface area contributed by atoms with Gasteiger partial charge in [0.25, 0.3) is 5.91 Å². The van der Waals surface area contributed by atoms with Gasteiger partial charge in [0, 0.05) is 48.1 Å². The molecule has 0 N–H and O–H groups in total. The van der Waals surface area contributed by atoms with Crippen molar-refractivity contribution < 1.29 is 19.1 Å². The Labute approximate surface area is 194 Å². The molecule has 0 saturated heterocycles. The second kappa shape index (κ2) is 9.76. The third-order valence-corrected chi connectivity index (χ3v) is 6.22. The topological polar surface area (TPSA) is 60.8 Å². The first-order chi connectivity index (χ1) is 15.2. The molecule has 0 fully saturated rings. The maximum atomic E-state index is 13.2. The number of halogens is 1. The Morgan fingerprint density at radius 2 is 1.84 bits per heavy atom. The van der Waals surface area contributed by atoms with Crippen molar-refractivity contribution in [2.45, 2.75) is 34.1 Å². The minimum absolute atomic E-state index is 0.206. The number of carbonyl (C=O) groups excluding carboxylic acids is 2. The first-order valence-corrected chi connectivity index (χ1v) is 10.9. The zero-order chi connectivity index (χ0) is 23.6. The van der Waals surface area contributed by atoms with E-state index in [4.69, 9.17) is 21.1 Å². The van der Waals surface area contributed by atoms with E-state index in [9.17, 15) is 9.59 Å². The van der Waals surface area contributed by atoms with Crippen molar-refractivity contribution in [3.8, 4) is 5.69 Å². The average molecular weight is 457 g/mol. The predicted molar refractivity (Wildman–Crippen MR) is 126 cm³/mol. The summed E-state index contributed by atoms with van der Waals surface area (Å²) in [4.78, 5) is 27.4. The molecule has 32 heavy (non-hydrogen) atoms. The Bertz CT molecular complexity index is 1130. The Morgan fingerprint density at radius 3 is 2.47 bits per heavy atom. The van der Waals surface area contributed by atoms with E-state index in [0.717, 1.165) is 28.2 Å². The molecular formula is C25H29ClN2O4. The minimum atomic E-state index is -0.518. The van der Waals surface area contributed by atoms with Crippen LogP contribution in [0.3, 0.4) is 0 Å². The second-order valence-electron chi connectivity index (χ2n) is 7.91. The molecule has 2 heterocycles. The van der Waals surface area contributed by atoms with Gasteiger partial charge in [-0.15, -0.1) is 0 Å².